The maximum absolute atomic E-state index is 10.3. The van der Waals surface area contributed by atoms with Crippen molar-refractivity contribution >= 4 is 0 Å². The van der Waals surface area contributed by atoms with E-state index in [4.69, 9.17) is 10.00 Å². The van der Waals surface area contributed by atoms with E-state index in [-0.39, 0.29) is 12.1 Å². The van der Waals surface area contributed by atoms with Crippen LogP contribution >= 0.6 is 0 Å². The summed E-state index contributed by atoms with van der Waals surface area (Å²) in [6.07, 6.45) is -0.475. The fraction of sp³-hybridized carbons (Fsp3) is 0.350. The first-order chi connectivity index (χ1) is 11.5. The summed E-state index contributed by atoms with van der Waals surface area (Å²) in [6, 6.07) is 17.1. The minimum absolute atomic E-state index is 0.0914. The van der Waals surface area contributed by atoms with Gasteiger partial charge < -0.3 is 15.2 Å². The minimum Gasteiger partial charge on any atom is -0.491 e. The Hall–Kier alpha value is -2.35. The second-order valence-electron chi connectivity index (χ2n) is 6.12. The zero-order valence-corrected chi connectivity index (χ0v) is 14.4. The molecule has 0 saturated carbocycles. The highest BCUT2D eigenvalue weighted by Gasteiger charge is 2.11. The van der Waals surface area contributed by atoms with E-state index in [1.165, 1.54) is 0 Å². The van der Waals surface area contributed by atoms with Gasteiger partial charge in [0.2, 0.25) is 0 Å². The van der Waals surface area contributed by atoms with Crippen molar-refractivity contribution in [2.75, 3.05) is 6.54 Å². The van der Waals surface area contributed by atoms with Crippen LogP contribution in [0.15, 0.2) is 48.5 Å². The number of hydrogen-bond donors (Lipinski definition) is 2. The molecule has 2 atom stereocenters. The van der Waals surface area contributed by atoms with Crippen LogP contribution in [0.2, 0.25) is 0 Å². The van der Waals surface area contributed by atoms with Gasteiger partial charge in [0.15, 0.2) is 0 Å². The van der Waals surface area contributed by atoms with E-state index in [1.54, 1.807) is 24.3 Å². The van der Waals surface area contributed by atoms with E-state index in [9.17, 15) is 5.11 Å². The zero-order valence-electron chi connectivity index (χ0n) is 14.4. The molecule has 4 nitrogen and oxygen atoms in total. The van der Waals surface area contributed by atoms with E-state index in [0.717, 1.165) is 16.9 Å². The number of aliphatic hydroxyl groups excluding tert-OH is 1. The van der Waals surface area contributed by atoms with Gasteiger partial charge in [0, 0.05) is 12.6 Å². The molecule has 0 saturated heterocycles. The van der Waals surface area contributed by atoms with Crippen molar-refractivity contribution in [3.05, 3.63) is 65.2 Å². The van der Waals surface area contributed by atoms with Gasteiger partial charge in [-0.25, -0.2) is 0 Å². The molecule has 0 amide bonds. The first-order valence-corrected chi connectivity index (χ1v) is 8.17. The topological polar surface area (TPSA) is 65.3 Å². The Labute approximate surface area is 143 Å². The third-order valence-corrected chi connectivity index (χ3v) is 3.77. The summed E-state index contributed by atoms with van der Waals surface area (Å²) in [4.78, 5) is 0. The van der Waals surface area contributed by atoms with Crippen molar-refractivity contribution in [1.29, 1.82) is 5.26 Å². The predicted molar refractivity (Wildman–Crippen MR) is 94.7 cm³/mol. The molecular formula is C20H24N2O2. The molecule has 0 bridgehead atoms. The Morgan fingerprint density at radius 2 is 1.79 bits per heavy atom. The molecule has 2 aromatic rings. The van der Waals surface area contributed by atoms with E-state index < -0.39 is 6.10 Å². The van der Waals surface area contributed by atoms with Crippen molar-refractivity contribution < 1.29 is 9.84 Å². The van der Waals surface area contributed by atoms with Gasteiger partial charge in [0.05, 0.1) is 23.8 Å². The van der Waals surface area contributed by atoms with Gasteiger partial charge in [-0.1, -0.05) is 24.3 Å². The second kappa shape index (κ2) is 8.49. The largest absolute Gasteiger partial charge is 0.491 e. The summed E-state index contributed by atoms with van der Waals surface area (Å²) in [5.41, 5.74) is 2.50. The molecule has 0 heterocycles. The van der Waals surface area contributed by atoms with Crippen LogP contribution in [0.25, 0.3) is 0 Å². The zero-order chi connectivity index (χ0) is 17.5. The minimum atomic E-state index is -0.615. The SMILES string of the molecule is CC(C)Oc1cccc(C(C)NCC(O)c2ccc(C#N)cc2)c1. The summed E-state index contributed by atoms with van der Waals surface area (Å²) in [7, 11) is 0. The Bertz CT molecular complexity index is 690. The molecule has 0 radical (unpaired) electrons. The molecule has 2 N–H and O–H groups in total. The molecule has 0 aliphatic rings. The second-order valence-corrected chi connectivity index (χ2v) is 6.12. The molecule has 0 aromatic heterocycles. The normalized spacial score (nSPS) is 13.3. The maximum Gasteiger partial charge on any atom is 0.120 e. The van der Waals surface area contributed by atoms with Crippen LogP contribution < -0.4 is 10.1 Å². The fourth-order valence-electron chi connectivity index (χ4n) is 2.43. The van der Waals surface area contributed by atoms with Crippen LogP contribution in [0.5, 0.6) is 5.75 Å². The van der Waals surface area contributed by atoms with Gasteiger partial charge in [-0.2, -0.15) is 5.26 Å². The van der Waals surface area contributed by atoms with Crippen LogP contribution in [0.3, 0.4) is 0 Å². The van der Waals surface area contributed by atoms with E-state index >= 15 is 0 Å². The highest BCUT2D eigenvalue weighted by molar-refractivity contribution is 5.33. The third kappa shape index (κ3) is 5.09. The average Bonchev–Trinajstić information content (AvgIpc) is 2.59. The van der Waals surface area contributed by atoms with Crippen molar-refractivity contribution in [2.45, 2.75) is 39.0 Å². The lowest BCUT2D eigenvalue weighted by Crippen LogP contribution is -2.24. The van der Waals surface area contributed by atoms with E-state index in [2.05, 4.69) is 18.3 Å². The molecule has 2 rings (SSSR count). The number of nitrogens with one attached hydrogen (secondary N) is 1. The van der Waals surface area contributed by atoms with E-state index in [0.29, 0.717) is 12.1 Å². The first kappa shape index (κ1) is 18.0. The Kier molecular flexibility index (Phi) is 6.36. The molecule has 0 fully saturated rings. The van der Waals surface area contributed by atoms with Crippen LogP contribution in [0.4, 0.5) is 0 Å². The Morgan fingerprint density at radius 3 is 2.42 bits per heavy atom. The third-order valence-electron chi connectivity index (χ3n) is 3.77. The van der Waals surface area contributed by atoms with Crippen molar-refractivity contribution in [1.82, 2.24) is 5.32 Å². The Morgan fingerprint density at radius 1 is 1.08 bits per heavy atom. The predicted octanol–water partition coefficient (Wildman–Crippen LogP) is 3.73. The molecule has 0 aliphatic heterocycles. The van der Waals surface area contributed by atoms with Gasteiger partial charge >= 0.3 is 0 Å². The number of ether oxygens (including phenoxy) is 1. The summed E-state index contributed by atoms with van der Waals surface area (Å²) in [6.45, 7) is 6.49. The molecule has 4 heteroatoms. The van der Waals surface area contributed by atoms with Crippen molar-refractivity contribution in [3.63, 3.8) is 0 Å². The van der Waals surface area contributed by atoms with Crippen LogP contribution in [0.1, 0.15) is 49.6 Å². The standard InChI is InChI=1S/C20H24N2O2/c1-14(2)24-19-6-4-5-18(11-19)15(3)22-13-20(23)17-9-7-16(12-21)8-10-17/h4-11,14-15,20,22-23H,13H2,1-3H3. The van der Waals surface area contributed by atoms with Crippen LogP contribution in [0, 0.1) is 11.3 Å². The molecule has 0 spiro atoms. The highest BCUT2D eigenvalue weighted by atomic mass is 16.5. The van der Waals surface area contributed by atoms with Crippen LogP contribution in [-0.2, 0) is 0 Å². The van der Waals surface area contributed by atoms with Gasteiger partial charge in [-0.3, -0.25) is 0 Å². The summed E-state index contributed by atoms with van der Waals surface area (Å²) in [5, 5.41) is 22.4. The number of nitrogens with zero attached hydrogens (tertiary/aromatic N) is 1. The van der Waals surface area contributed by atoms with Crippen molar-refractivity contribution in [2.24, 2.45) is 0 Å². The maximum atomic E-state index is 10.3. The number of rotatable bonds is 7. The summed E-state index contributed by atoms with van der Waals surface area (Å²) >= 11 is 0. The quantitative estimate of drug-likeness (QED) is 0.814. The molecule has 24 heavy (non-hydrogen) atoms. The molecule has 2 unspecified atom stereocenters. The van der Waals surface area contributed by atoms with Crippen LogP contribution in [-0.4, -0.2) is 17.8 Å². The Balaban J connectivity index is 1.94. The first-order valence-electron chi connectivity index (χ1n) is 8.17. The smallest absolute Gasteiger partial charge is 0.120 e. The number of nitriles is 1. The average molecular weight is 324 g/mol. The van der Waals surface area contributed by atoms with Gasteiger partial charge in [-0.15, -0.1) is 0 Å². The summed E-state index contributed by atoms with van der Waals surface area (Å²) < 4.78 is 5.72. The number of aliphatic hydroxyl groups is 1. The number of hydrogen-bond acceptors (Lipinski definition) is 4. The lowest BCUT2D eigenvalue weighted by Gasteiger charge is -2.19. The molecular weight excluding hydrogens is 300 g/mol. The van der Waals surface area contributed by atoms with E-state index in [1.807, 2.05) is 38.1 Å². The monoisotopic (exact) mass is 324 g/mol. The van der Waals surface area contributed by atoms with Crippen molar-refractivity contribution in [3.8, 4) is 11.8 Å². The fourth-order valence-corrected chi connectivity index (χ4v) is 2.43. The lowest BCUT2D eigenvalue weighted by atomic mass is 10.1. The number of benzene rings is 2. The highest BCUT2D eigenvalue weighted by Crippen LogP contribution is 2.21. The molecule has 126 valence electrons. The molecule has 2 aromatic carbocycles. The van der Waals surface area contributed by atoms with Gasteiger partial charge in [0.1, 0.15) is 5.75 Å². The van der Waals surface area contributed by atoms with Gasteiger partial charge in [-0.05, 0) is 56.2 Å². The molecule has 0 aliphatic carbocycles. The van der Waals surface area contributed by atoms with Gasteiger partial charge in [0.25, 0.3) is 0 Å². The summed E-state index contributed by atoms with van der Waals surface area (Å²) in [5.74, 6) is 0.851. The lowest BCUT2D eigenvalue weighted by molar-refractivity contribution is 0.170.